The van der Waals surface area contributed by atoms with Gasteiger partial charge in [0.25, 0.3) is 5.91 Å². The van der Waals surface area contributed by atoms with E-state index in [2.05, 4.69) is 15.2 Å². The predicted molar refractivity (Wildman–Crippen MR) is 118 cm³/mol. The number of carbonyl (C=O) groups is 2. The molecule has 0 aliphatic carbocycles. The quantitative estimate of drug-likeness (QED) is 0.810. The smallest absolute Gasteiger partial charge is 0.321 e. The summed E-state index contributed by atoms with van der Waals surface area (Å²) in [4.78, 5) is 36.2. The molecule has 8 heteroatoms. The van der Waals surface area contributed by atoms with E-state index in [0.29, 0.717) is 42.5 Å². The highest BCUT2D eigenvalue weighted by Crippen LogP contribution is 2.24. The van der Waals surface area contributed by atoms with Gasteiger partial charge in [0.15, 0.2) is 0 Å². The third-order valence-corrected chi connectivity index (χ3v) is 5.84. The number of aromatic nitrogens is 1. The fraction of sp³-hybridized carbons (Fsp3) is 0.409. The van der Waals surface area contributed by atoms with E-state index in [0.717, 1.165) is 38.2 Å². The Morgan fingerprint density at radius 3 is 2.33 bits per heavy atom. The van der Waals surface area contributed by atoms with Gasteiger partial charge in [-0.05, 0) is 55.7 Å². The minimum absolute atomic E-state index is 0.00930. The molecule has 3 amide bonds. The van der Waals surface area contributed by atoms with Crippen molar-refractivity contribution in [2.24, 2.45) is 0 Å². The van der Waals surface area contributed by atoms with Gasteiger partial charge in [0.05, 0.1) is 5.56 Å². The van der Waals surface area contributed by atoms with E-state index in [1.54, 1.807) is 35.4 Å². The summed E-state index contributed by atoms with van der Waals surface area (Å²) in [6.45, 7) is 4.10. The Morgan fingerprint density at radius 1 is 0.867 bits per heavy atom. The normalized spacial score (nSPS) is 17.0. The zero-order valence-corrected chi connectivity index (χ0v) is 17.6. The number of anilines is 2. The number of pyridine rings is 1. The molecule has 0 unspecified atom stereocenters. The van der Waals surface area contributed by atoms with Crippen molar-refractivity contribution in [3.63, 3.8) is 0 Å². The number of rotatable bonds is 3. The Hall–Kier alpha value is -2.80. The highest BCUT2D eigenvalue weighted by atomic mass is 35.5. The molecule has 1 aromatic carbocycles. The molecule has 158 valence electrons. The Bertz CT molecular complexity index is 899. The molecule has 3 heterocycles. The molecule has 1 N–H and O–H groups in total. The maximum Gasteiger partial charge on any atom is 0.321 e. The van der Waals surface area contributed by atoms with E-state index in [1.807, 2.05) is 17.0 Å². The summed E-state index contributed by atoms with van der Waals surface area (Å²) in [5.41, 5.74) is 1.35. The lowest BCUT2D eigenvalue weighted by Gasteiger charge is -2.25. The highest BCUT2D eigenvalue weighted by molar-refractivity contribution is 6.30. The van der Waals surface area contributed by atoms with Crippen LogP contribution < -0.4 is 10.2 Å². The first-order valence-electron chi connectivity index (χ1n) is 10.4. The zero-order valence-electron chi connectivity index (χ0n) is 16.9. The molecule has 0 radical (unpaired) electrons. The summed E-state index contributed by atoms with van der Waals surface area (Å²) in [5.74, 6) is 0.770. The van der Waals surface area contributed by atoms with E-state index in [9.17, 15) is 9.59 Å². The van der Waals surface area contributed by atoms with Gasteiger partial charge in [0.2, 0.25) is 0 Å². The van der Waals surface area contributed by atoms with Crippen LogP contribution in [-0.2, 0) is 0 Å². The van der Waals surface area contributed by atoms with Crippen molar-refractivity contribution in [1.82, 2.24) is 14.8 Å². The van der Waals surface area contributed by atoms with Crippen molar-refractivity contribution in [2.75, 3.05) is 49.5 Å². The van der Waals surface area contributed by atoms with E-state index in [4.69, 9.17) is 11.6 Å². The third-order valence-electron chi connectivity index (χ3n) is 5.59. The standard InChI is InChI=1S/C22H26ClN5O2/c23-17-6-8-18(9-7-17)25-22(30)28-14-4-13-27(15-16-28)21(29)19-5-3-10-24-20(19)26-11-1-2-12-26/h3,5-10H,1-2,4,11-16H2,(H,25,30). The van der Waals surface area contributed by atoms with Crippen molar-refractivity contribution in [3.8, 4) is 0 Å². The lowest BCUT2D eigenvalue weighted by Crippen LogP contribution is -2.39. The van der Waals surface area contributed by atoms with Gasteiger partial charge in [-0.25, -0.2) is 9.78 Å². The second-order valence-corrected chi connectivity index (χ2v) is 8.08. The zero-order chi connectivity index (χ0) is 20.9. The van der Waals surface area contributed by atoms with E-state index in [-0.39, 0.29) is 11.9 Å². The molecule has 2 aliphatic rings. The molecule has 4 rings (SSSR count). The summed E-state index contributed by atoms with van der Waals surface area (Å²) in [5, 5.41) is 3.52. The Balaban J connectivity index is 1.40. The number of nitrogens with zero attached hydrogens (tertiary/aromatic N) is 4. The van der Waals surface area contributed by atoms with E-state index >= 15 is 0 Å². The van der Waals surface area contributed by atoms with Gasteiger partial charge in [0.1, 0.15) is 5.82 Å². The summed E-state index contributed by atoms with van der Waals surface area (Å²) < 4.78 is 0. The van der Waals surface area contributed by atoms with Crippen LogP contribution in [0.15, 0.2) is 42.6 Å². The average molecular weight is 428 g/mol. The Labute approximate surface area is 181 Å². The molecule has 7 nitrogen and oxygen atoms in total. The number of halogens is 1. The van der Waals surface area contributed by atoms with Crippen LogP contribution in [-0.4, -0.2) is 66.0 Å². The minimum Gasteiger partial charge on any atom is -0.356 e. The molecule has 1 aromatic heterocycles. The molecule has 0 spiro atoms. The lowest BCUT2D eigenvalue weighted by molar-refractivity contribution is 0.0763. The fourth-order valence-electron chi connectivity index (χ4n) is 3.97. The molecule has 0 atom stereocenters. The summed E-state index contributed by atoms with van der Waals surface area (Å²) in [6, 6.07) is 10.5. The molecule has 2 aromatic rings. The minimum atomic E-state index is -0.161. The molecule has 0 bridgehead atoms. The van der Waals surface area contributed by atoms with Gasteiger partial charge in [-0.2, -0.15) is 0 Å². The SMILES string of the molecule is O=C(Nc1ccc(Cl)cc1)N1CCCN(C(=O)c2cccnc2N2CCCC2)CC1. The van der Waals surface area contributed by atoms with Crippen LogP contribution in [0.25, 0.3) is 0 Å². The van der Waals surface area contributed by atoms with Crippen molar-refractivity contribution in [3.05, 3.63) is 53.2 Å². The summed E-state index contributed by atoms with van der Waals surface area (Å²) in [6.07, 6.45) is 4.74. The number of hydrogen-bond acceptors (Lipinski definition) is 4. The Morgan fingerprint density at radius 2 is 1.57 bits per heavy atom. The van der Waals surface area contributed by atoms with Gasteiger partial charge in [-0.3, -0.25) is 4.79 Å². The molecule has 2 aliphatic heterocycles. The lowest BCUT2D eigenvalue weighted by atomic mass is 10.2. The van der Waals surface area contributed by atoms with Crippen LogP contribution >= 0.6 is 11.6 Å². The molecular formula is C22H26ClN5O2. The maximum atomic E-state index is 13.3. The topological polar surface area (TPSA) is 68.8 Å². The average Bonchev–Trinajstić information content (AvgIpc) is 3.19. The number of nitrogens with one attached hydrogen (secondary N) is 1. The highest BCUT2D eigenvalue weighted by Gasteiger charge is 2.27. The molecule has 2 fully saturated rings. The van der Waals surface area contributed by atoms with Gasteiger partial charge in [-0.15, -0.1) is 0 Å². The number of benzene rings is 1. The molecule has 2 saturated heterocycles. The van der Waals surface area contributed by atoms with Gasteiger partial charge in [0, 0.05) is 56.2 Å². The number of carbonyl (C=O) groups excluding carboxylic acids is 2. The second kappa shape index (κ2) is 9.34. The van der Waals surface area contributed by atoms with Gasteiger partial charge < -0.3 is 20.0 Å². The molecular weight excluding hydrogens is 402 g/mol. The summed E-state index contributed by atoms with van der Waals surface area (Å²) >= 11 is 5.90. The number of hydrogen-bond donors (Lipinski definition) is 1. The van der Waals surface area contributed by atoms with E-state index in [1.165, 1.54) is 0 Å². The third kappa shape index (κ3) is 4.67. The summed E-state index contributed by atoms with van der Waals surface area (Å²) in [7, 11) is 0. The van der Waals surface area contributed by atoms with Gasteiger partial charge in [-0.1, -0.05) is 11.6 Å². The van der Waals surface area contributed by atoms with Crippen molar-refractivity contribution < 1.29 is 9.59 Å². The van der Waals surface area contributed by atoms with Crippen molar-refractivity contribution in [2.45, 2.75) is 19.3 Å². The van der Waals surface area contributed by atoms with Crippen LogP contribution in [0.1, 0.15) is 29.6 Å². The van der Waals surface area contributed by atoms with Crippen LogP contribution in [0.4, 0.5) is 16.3 Å². The van der Waals surface area contributed by atoms with Gasteiger partial charge >= 0.3 is 6.03 Å². The first-order valence-corrected chi connectivity index (χ1v) is 10.8. The monoisotopic (exact) mass is 427 g/mol. The van der Waals surface area contributed by atoms with Crippen LogP contribution in [0.2, 0.25) is 5.02 Å². The van der Waals surface area contributed by atoms with Crippen LogP contribution in [0.3, 0.4) is 0 Å². The largest absolute Gasteiger partial charge is 0.356 e. The van der Waals surface area contributed by atoms with Crippen molar-refractivity contribution >= 4 is 35.0 Å². The number of amides is 3. The number of urea groups is 1. The van der Waals surface area contributed by atoms with Crippen molar-refractivity contribution in [1.29, 1.82) is 0 Å². The van der Waals surface area contributed by atoms with E-state index < -0.39 is 0 Å². The molecule has 0 saturated carbocycles. The molecule has 30 heavy (non-hydrogen) atoms. The van der Waals surface area contributed by atoms with Crippen LogP contribution in [0.5, 0.6) is 0 Å². The fourth-order valence-corrected chi connectivity index (χ4v) is 4.10. The first-order chi connectivity index (χ1) is 14.6. The Kier molecular flexibility index (Phi) is 6.38. The predicted octanol–water partition coefficient (Wildman–Crippen LogP) is 3.72. The second-order valence-electron chi connectivity index (χ2n) is 7.64. The maximum absolute atomic E-state index is 13.3. The van der Waals surface area contributed by atoms with Crippen LogP contribution in [0, 0.1) is 0 Å². The first kappa shape index (κ1) is 20.5.